The molecule has 92 valence electrons. The smallest absolute Gasteiger partial charge is 0.153 e. The molecule has 2 N–H and O–H groups in total. The summed E-state index contributed by atoms with van der Waals surface area (Å²) >= 11 is 0. The first-order valence-electron chi connectivity index (χ1n) is 6.10. The molecule has 3 aromatic rings. The van der Waals surface area contributed by atoms with E-state index in [1.54, 1.807) is 0 Å². The highest BCUT2D eigenvalue weighted by Gasteiger charge is 2.11. The van der Waals surface area contributed by atoms with E-state index in [-0.39, 0.29) is 0 Å². The van der Waals surface area contributed by atoms with Gasteiger partial charge in [0.25, 0.3) is 0 Å². The highest BCUT2D eigenvalue weighted by Crippen LogP contribution is 2.28. The first-order chi connectivity index (χ1) is 8.88. The predicted molar refractivity (Wildman–Crippen MR) is 71.2 cm³/mol. The lowest BCUT2D eigenvalue weighted by atomic mass is 10.2. The van der Waals surface area contributed by atoms with Crippen LogP contribution in [0.25, 0.3) is 22.4 Å². The molecule has 0 saturated heterocycles. The molecule has 0 aliphatic rings. The van der Waals surface area contributed by atoms with Crippen molar-refractivity contribution in [1.82, 2.24) is 15.5 Å². The van der Waals surface area contributed by atoms with Gasteiger partial charge in [-0.3, -0.25) is 5.10 Å². The Bertz CT molecular complexity index is 621. The Hall–Kier alpha value is -2.07. The summed E-state index contributed by atoms with van der Waals surface area (Å²) in [5.41, 5.74) is 2.97. The number of H-pyrrole nitrogens is 1. The largest absolute Gasteiger partial charge is 0.454 e. The Labute approximate surface area is 105 Å². The molecular formula is C14H15N3O. The molecule has 4 nitrogen and oxygen atoms in total. The number of furan rings is 1. The minimum Gasteiger partial charge on any atom is -0.454 e. The van der Waals surface area contributed by atoms with E-state index in [0.717, 1.165) is 41.1 Å². The quantitative estimate of drug-likeness (QED) is 0.738. The van der Waals surface area contributed by atoms with Gasteiger partial charge in [0.1, 0.15) is 11.3 Å². The van der Waals surface area contributed by atoms with Crippen molar-refractivity contribution < 1.29 is 4.42 Å². The van der Waals surface area contributed by atoms with Crippen LogP contribution >= 0.6 is 0 Å². The topological polar surface area (TPSA) is 53.9 Å². The number of aromatic nitrogens is 2. The average molecular weight is 241 g/mol. The van der Waals surface area contributed by atoms with E-state index in [4.69, 9.17) is 4.42 Å². The fraction of sp³-hybridized carbons (Fsp3) is 0.214. The van der Waals surface area contributed by atoms with Crippen LogP contribution in [-0.2, 0) is 6.54 Å². The summed E-state index contributed by atoms with van der Waals surface area (Å²) in [7, 11) is 0. The average Bonchev–Trinajstić information content (AvgIpc) is 3.01. The SMILES string of the molecule is CCNCc1cn[nH]c1-c1cc2ccccc2o1. The molecule has 3 rings (SSSR count). The maximum Gasteiger partial charge on any atom is 0.153 e. The van der Waals surface area contributed by atoms with Crippen LogP contribution in [0.2, 0.25) is 0 Å². The minimum atomic E-state index is 0.791. The number of hydrogen-bond donors (Lipinski definition) is 2. The summed E-state index contributed by atoms with van der Waals surface area (Å²) in [6.45, 7) is 3.81. The number of fused-ring (bicyclic) bond motifs is 1. The predicted octanol–water partition coefficient (Wildman–Crippen LogP) is 2.93. The van der Waals surface area contributed by atoms with E-state index in [9.17, 15) is 0 Å². The monoisotopic (exact) mass is 241 g/mol. The molecule has 0 fully saturated rings. The van der Waals surface area contributed by atoms with Crippen molar-refractivity contribution in [2.75, 3.05) is 6.54 Å². The van der Waals surface area contributed by atoms with Crippen molar-refractivity contribution in [2.45, 2.75) is 13.5 Å². The molecule has 0 spiro atoms. The minimum absolute atomic E-state index is 0.791. The van der Waals surface area contributed by atoms with E-state index in [2.05, 4.69) is 22.4 Å². The van der Waals surface area contributed by atoms with Crippen LogP contribution in [-0.4, -0.2) is 16.7 Å². The number of aromatic amines is 1. The lowest BCUT2D eigenvalue weighted by Crippen LogP contribution is -2.11. The van der Waals surface area contributed by atoms with E-state index >= 15 is 0 Å². The van der Waals surface area contributed by atoms with Crippen molar-refractivity contribution in [3.63, 3.8) is 0 Å². The standard InChI is InChI=1S/C14H15N3O/c1-2-15-8-11-9-16-17-14(11)13-7-10-5-3-4-6-12(10)18-13/h3-7,9,15H,2,8H2,1H3,(H,16,17). The van der Waals surface area contributed by atoms with Crippen LogP contribution < -0.4 is 5.32 Å². The van der Waals surface area contributed by atoms with E-state index < -0.39 is 0 Å². The molecular weight excluding hydrogens is 226 g/mol. The number of nitrogens with one attached hydrogen (secondary N) is 2. The van der Waals surface area contributed by atoms with Crippen LogP contribution in [0.3, 0.4) is 0 Å². The van der Waals surface area contributed by atoms with Crippen molar-refractivity contribution in [1.29, 1.82) is 0 Å². The van der Waals surface area contributed by atoms with E-state index in [1.807, 2.05) is 36.5 Å². The van der Waals surface area contributed by atoms with E-state index in [1.165, 1.54) is 0 Å². The highest BCUT2D eigenvalue weighted by molar-refractivity contribution is 5.82. The number of rotatable bonds is 4. The molecule has 2 heterocycles. The summed E-state index contributed by atoms with van der Waals surface area (Å²) < 4.78 is 5.83. The molecule has 0 atom stereocenters. The third kappa shape index (κ3) is 1.91. The summed E-state index contributed by atoms with van der Waals surface area (Å²) in [5, 5.41) is 11.5. The van der Waals surface area contributed by atoms with Gasteiger partial charge in [-0.2, -0.15) is 5.10 Å². The second kappa shape index (κ2) is 4.66. The normalized spacial score (nSPS) is 11.2. The molecule has 0 unspecified atom stereocenters. The summed E-state index contributed by atoms with van der Waals surface area (Å²) in [5.74, 6) is 0.835. The van der Waals surface area contributed by atoms with Crippen molar-refractivity contribution >= 4 is 11.0 Å². The summed E-state index contributed by atoms with van der Waals surface area (Å²) in [6.07, 6.45) is 1.84. The lowest BCUT2D eigenvalue weighted by molar-refractivity contribution is 0.626. The third-order valence-electron chi connectivity index (χ3n) is 2.96. The third-order valence-corrected chi connectivity index (χ3v) is 2.96. The lowest BCUT2D eigenvalue weighted by Gasteiger charge is -2.00. The van der Waals surface area contributed by atoms with Gasteiger partial charge in [-0.15, -0.1) is 0 Å². The van der Waals surface area contributed by atoms with Crippen LogP contribution in [0, 0.1) is 0 Å². The van der Waals surface area contributed by atoms with Gasteiger partial charge in [-0.1, -0.05) is 25.1 Å². The van der Waals surface area contributed by atoms with Gasteiger partial charge in [0.15, 0.2) is 5.76 Å². The van der Waals surface area contributed by atoms with Gasteiger partial charge in [-0.25, -0.2) is 0 Å². The Morgan fingerprint density at radius 2 is 2.22 bits per heavy atom. The molecule has 18 heavy (non-hydrogen) atoms. The zero-order chi connectivity index (χ0) is 12.4. The Balaban J connectivity index is 2.01. The molecule has 0 aliphatic carbocycles. The molecule has 1 aromatic carbocycles. The van der Waals surface area contributed by atoms with Gasteiger partial charge >= 0.3 is 0 Å². The number of para-hydroxylation sites is 1. The molecule has 2 aromatic heterocycles. The van der Waals surface area contributed by atoms with E-state index in [0.29, 0.717) is 0 Å². The van der Waals surface area contributed by atoms with Gasteiger partial charge in [0.05, 0.1) is 6.20 Å². The van der Waals surface area contributed by atoms with Crippen molar-refractivity contribution in [3.05, 3.63) is 42.1 Å². The maximum atomic E-state index is 5.83. The number of hydrogen-bond acceptors (Lipinski definition) is 3. The second-order valence-corrected chi connectivity index (χ2v) is 4.20. The molecule has 0 amide bonds. The molecule has 0 saturated carbocycles. The zero-order valence-electron chi connectivity index (χ0n) is 10.2. The molecule has 4 heteroatoms. The summed E-state index contributed by atoms with van der Waals surface area (Å²) in [6, 6.07) is 10.0. The zero-order valence-corrected chi connectivity index (χ0v) is 10.2. The van der Waals surface area contributed by atoms with Crippen LogP contribution in [0.1, 0.15) is 12.5 Å². The maximum absolute atomic E-state index is 5.83. The fourth-order valence-corrected chi connectivity index (χ4v) is 2.02. The Morgan fingerprint density at radius 1 is 1.33 bits per heavy atom. The Kier molecular flexibility index (Phi) is 2.86. The van der Waals surface area contributed by atoms with Crippen LogP contribution in [0.5, 0.6) is 0 Å². The highest BCUT2D eigenvalue weighted by atomic mass is 16.3. The van der Waals surface area contributed by atoms with Crippen LogP contribution in [0.15, 0.2) is 40.9 Å². The Morgan fingerprint density at radius 3 is 3.06 bits per heavy atom. The first-order valence-corrected chi connectivity index (χ1v) is 6.10. The van der Waals surface area contributed by atoms with Gasteiger partial charge < -0.3 is 9.73 Å². The second-order valence-electron chi connectivity index (χ2n) is 4.20. The number of nitrogens with zero attached hydrogens (tertiary/aromatic N) is 1. The molecule has 0 radical (unpaired) electrons. The fourth-order valence-electron chi connectivity index (χ4n) is 2.02. The van der Waals surface area contributed by atoms with Gasteiger partial charge in [-0.05, 0) is 18.7 Å². The molecule has 0 bridgehead atoms. The van der Waals surface area contributed by atoms with Gasteiger partial charge in [0, 0.05) is 17.5 Å². The first kappa shape index (κ1) is 11.0. The van der Waals surface area contributed by atoms with Crippen LogP contribution in [0.4, 0.5) is 0 Å². The summed E-state index contributed by atoms with van der Waals surface area (Å²) in [4.78, 5) is 0. The number of benzene rings is 1. The van der Waals surface area contributed by atoms with Gasteiger partial charge in [0.2, 0.25) is 0 Å². The van der Waals surface area contributed by atoms with Crippen molar-refractivity contribution in [2.24, 2.45) is 0 Å². The van der Waals surface area contributed by atoms with Crippen molar-refractivity contribution in [3.8, 4) is 11.5 Å². The molecule has 0 aliphatic heterocycles.